The van der Waals surface area contributed by atoms with E-state index in [4.69, 9.17) is 10.7 Å². The Hall–Kier alpha value is -3.45. The van der Waals surface area contributed by atoms with Crippen LogP contribution in [0.2, 0.25) is 0 Å². The van der Waals surface area contributed by atoms with Gasteiger partial charge < -0.3 is 20.9 Å². The fourth-order valence-corrected chi connectivity index (χ4v) is 3.26. The van der Waals surface area contributed by atoms with Crippen molar-refractivity contribution in [3.05, 3.63) is 36.0 Å². The Morgan fingerprint density at radius 3 is 2.79 bits per heavy atom. The van der Waals surface area contributed by atoms with Crippen LogP contribution in [-0.4, -0.2) is 62.7 Å². The van der Waals surface area contributed by atoms with Crippen molar-refractivity contribution in [3.8, 4) is 6.07 Å². The molecular weight excluding hydrogens is 356 g/mol. The molecule has 3 aromatic heterocycles. The van der Waals surface area contributed by atoms with Gasteiger partial charge in [-0.1, -0.05) is 0 Å². The van der Waals surface area contributed by atoms with E-state index in [2.05, 4.69) is 37.2 Å². The largest absolute Gasteiger partial charge is 0.382 e. The van der Waals surface area contributed by atoms with E-state index in [0.717, 1.165) is 37.5 Å². The van der Waals surface area contributed by atoms with Crippen molar-refractivity contribution < 1.29 is 0 Å². The minimum atomic E-state index is -0.278. The van der Waals surface area contributed by atoms with Crippen LogP contribution in [0.15, 0.2) is 24.7 Å². The van der Waals surface area contributed by atoms with E-state index in [1.807, 2.05) is 35.8 Å². The van der Waals surface area contributed by atoms with Gasteiger partial charge in [0, 0.05) is 32.4 Å². The smallest absolute Gasteiger partial charge is 0.173 e. The number of nitrogens with zero attached hydrogens (tertiary/aromatic N) is 8. The van der Waals surface area contributed by atoms with Gasteiger partial charge in [0.1, 0.15) is 35.1 Å². The first kappa shape index (κ1) is 17.9. The molecule has 0 bridgehead atoms. The van der Waals surface area contributed by atoms with Crippen molar-refractivity contribution in [1.82, 2.24) is 29.5 Å². The summed E-state index contributed by atoms with van der Waals surface area (Å²) in [4.78, 5) is 17.5. The van der Waals surface area contributed by atoms with Gasteiger partial charge in [-0.05, 0) is 26.1 Å². The van der Waals surface area contributed by atoms with Crippen LogP contribution in [0, 0.1) is 11.3 Å². The predicted octanol–water partition coefficient (Wildman–Crippen LogP) is 0.898. The molecule has 0 radical (unpaired) electrons. The summed E-state index contributed by atoms with van der Waals surface area (Å²) in [6.07, 6.45) is 3.24. The molecule has 0 unspecified atom stereocenters. The number of nitriles is 1. The van der Waals surface area contributed by atoms with E-state index in [-0.39, 0.29) is 17.4 Å². The maximum absolute atomic E-state index is 9.34. The molecule has 10 nitrogen and oxygen atoms in total. The maximum atomic E-state index is 9.34. The van der Waals surface area contributed by atoms with Gasteiger partial charge in [0.2, 0.25) is 0 Å². The van der Waals surface area contributed by atoms with Gasteiger partial charge in [-0.3, -0.25) is 0 Å². The van der Waals surface area contributed by atoms with Crippen LogP contribution >= 0.6 is 0 Å². The Morgan fingerprint density at radius 2 is 2.04 bits per heavy atom. The molecule has 144 valence electrons. The summed E-state index contributed by atoms with van der Waals surface area (Å²) in [6.45, 7) is 5.74. The second-order valence-corrected chi connectivity index (χ2v) is 6.88. The molecule has 28 heavy (non-hydrogen) atoms. The molecule has 0 aromatic carbocycles. The number of nitrogen functional groups attached to an aromatic ring is 1. The summed E-state index contributed by atoms with van der Waals surface area (Å²) in [7, 11) is 2.13. The highest BCUT2D eigenvalue weighted by Gasteiger charge is 2.22. The Balaban J connectivity index is 1.67. The zero-order valence-electron chi connectivity index (χ0n) is 15.9. The molecule has 0 saturated carbocycles. The van der Waals surface area contributed by atoms with Crippen molar-refractivity contribution >= 4 is 23.0 Å². The molecule has 3 aromatic rings. The highest BCUT2D eigenvalue weighted by molar-refractivity contribution is 5.69. The first-order valence-electron chi connectivity index (χ1n) is 9.12. The summed E-state index contributed by atoms with van der Waals surface area (Å²) in [5.41, 5.74) is 6.97. The number of piperazine rings is 1. The van der Waals surface area contributed by atoms with Crippen LogP contribution in [0.5, 0.6) is 0 Å². The number of likely N-dealkylation sites (N-methyl/N-ethyl adjacent to an activating group) is 1. The average molecular weight is 378 g/mol. The van der Waals surface area contributed by atoms with Crippen molar-refractivity contribution in [2.24, 2.45) is 0 Å². The first-order valence-corrected chi connectivity index (χ1v) is 9.12. The number of fused-ring (bicyclic) bond motifs is 1. The minimum Gasteiger partial charge on any atom is -0.382 e. The summed E-state index contributed by atoms with van der Waals surface area (Å²) in [5.74, 6) is 2.05. The average Bonchev–Trinajstić information content (AvgIpc) is 3.17. The van der Waals surface area contributed by atoms with Crippen LogP contribution in [0.1, 0.15) is 24.4 Å². The van der Waals surface area contributed by atoms with Crippen molar-refractivity contribution in [3.63, 3.8) is 0 Å². The van der Waals surface area contributed by atoms with Gasteiger partial charge in [0.15, 0.2) is 11.6 Å². The monoisotopic (exact) mass is 378 g/mol. The molecule has 0 spiro atoms. The summed E-state index contributed by atoms with van der Waals surface area (Å²) < 4.78 is 1.84. The Bertz CT molecular complexity index is 1030. The van der Waals surface area contributed by atoms with Crippen molar-refractivity contribution in [2.45, 2.75) is 13.0 Å². The van der Waals surface area contributed by atoms with Gasteiger partial charge >= 0.3 is 0 Å². The van der Waals surface area contributed by atoms with Crippen LogP contribution in [0.3, 0.4) is 0 Å². The second-order valence-electron chi connectivity index (χ2n) is 6.88. The quantitative estimate of drug-likeness (QED) is 0.681. The molecule has 3 N–H and O–H groups in total. The summed E-state index contributed by atoms with van der Waals surface area (Å²) in [6, 6.07) is 5.75. The number of rotatable bonds is 4. The lowest BCUT2D eigenvalue weighted by atomic mass is 10.2. The minimum absolute atomic E-state index is 0.145. The molecule has 0 aliphatic carbocycles. The van der Waals surface area contributed by atoms with Crippen molar-refractivity contribution in [1.29, 1.82) is 5.26 Å². The topological polar surface area (TPSA) is 124 Å². The summed E-state index contributed by atoms with van der Waals surface area (Å²) in [5, 5.41) is 17.2. The Kier molecular flexibility index (Phi) is 4.67. The third-order valence-corrected chi connectivity index (χ3v) is 4.92. The van der Waals surface area contributed by atoms with E-state index in [9.17, 15) is 5.26 Å². The molecule has 1 saturated heterocycles. The van der Waals surface area contributed by atoms with E-state index < -0.39 is 0 Å². The highest BCUT2D eigenvalue weighted by Crippen LogP contribution is 2.25. The number of nitrogens with two attached hydrogens (primary N) is 1. The highest BCUT2D eigenvalue weighted by atomic mass is 15.3. The predicted molar refractivity (Wildman–Crippen MR) is 106 cm³/mol. The van der Waals surface area contributed by atoms with E-state index in [1.165, 1.54) is 6.33 Å². The van der Waals surface area contributed by atoms with Crippen LogP contribution in [-0.2, 0) is 0 Å². The molecule has 1 atom stereocenters. The normalized spacial score (nSPS) is 16.1. The van der Waals surface area contributed by atoms with Crippen LogP contribution in [0.25, 0.3) is 5.52 Å². The number of hydrogen-bond acceptors (Lipinski definition) is 9. The maximum Gasteiger partial charge on any atom is 0.173 e. The van der Waals surface area contributed by atoms with Gasteiger partial charge in [-0.2, -0.15) is 10.4 Å². The number of aromatic nitrogens is 5. The van der Waals surface area contributed by atoms with Gasteiger partial charge in [0.05, 0.1) is 6.04 Å². The molecule has 1 aliphatic rings. The standard InChI is InChI=1S/C18H22N10/c1-12(23-17-13(10-19)15(20)21-11-22-17)16-24-18(14-4-3-5-28(14)25-16)27-8-6-26(2)7-9-27/h3-5,11-12H,6-9H2,1-2H3,(H3,20,21,22,23)/t12-/m0/s1. The lowest BCUT2D eigenvalue weighted by molar-refractivity contribution is 0.312. The fourth-order valence-electron chi connectivity index (χ4n) is 3.26. The Labute approximate surface area is 162 Å². The molecule has 1 aliphatic heterocycles. The Morgan fingerprint density at radius 1 is 1.25 bits per heavy atom. The number of nitrogens with one attached hydrogen (secondary N) is 1. The molecule has 10 heteroatoms. The summed E-state index contributed by atoms with van der Waals surface area (Å²) >= 11 is 0. The molecule has 4 heterocycles. The molecular formula is C18H22N10. The van der Waals surface area contributed by atoms with E-state index >= 15 is 0 Å². The van der Waals surface area contributed by atoms with Crippen LogP contribution < -0.4 is 16.0 Å². The number of anilines is 3. The van der Waals surface area contributed by atoms with Gasteiger partial charge in [-0.25, -0.2) is 19.5 Å². The lowest BCUT2D eigenvalue weighted by Gasteiger charge is -2.33. The fraction of sp³-hybridized carbons (Fsp3) is 0.389. The second kappa shape index (κ2) is 7.28. The third-order valence-electron chi connectivity index (χ3n) is 4.92. The zero-order valence-corrected chi connectivity index (χ0v) is 15.9. The van der Waals surface area contributed by atoms with Gasteiger partial charge in [-0.15, -0.1) is 0 Å². The van der Waals surface area contributed by atoms with Gasteiger partial charge in [0.25, 0.3) is 0 Å². The van der Waals surface area contributed by atoms with E-state index in [0.29, 0.717) is 11.6 Å². The van der Waals surface area contributed by atoms with Crippen LogP contribution in [0.4, 0.5) is 17.5 Å². The third kappa shape index (κ3) is 3.27. The first-order chi connectivity index (χ1) is 13.6. The molecule has 0 amide bonds. The van der Waals surface area contributed by atoms with E-state index in [1.54, 1.807) is 0 Å². The number of hydrogen-bond donors (Lipinski definition) is 2. The zero-order chi connectivity index (χ0) is 19.7. The molecule has 1 fully saturated rings. The lowest BCUT2D eigenvalue weighted by Crippen LogP contribution is -2.45. The molecule has 4 rings (SSSR count). The van der Waals surface area contributed by atoms with Crippen molar-refractivity contribution in [2.75, 3.05) is 49.2 Å². The SMILES string of the molecule is C[C@H](Nc1ncnc(N)c1C#N)c1nc(N2CCN(C)CC2)c2cccn2n1.